The maximum atomic E-state index is 12.6. The van der Waals surface area contributed by atoms with E-state index >= 15 is 0 Å². The van der Waals surface area contributed by atoms with E-state index in [2.05, 4.69) is 26.1 Å². The van der Waals surface area contributed by atoms with E-state index in [0.717, 1.165) is 39.1 Å². The molecule has 4 rings (SSSR count). The van der Waals surface area contributed by atoms with Crippen LogP contribution in [0.25, 0.3) is 0 Å². The van der Waals surface area contributed by atoms with Crippen molar-refractivity contribution in [3.8, 4) is 0 Å². The third-order valence-corrected chi connectivity index (χ3v) is 5.25. The summed E-state index contributed by atoms with van der Waals surface area (Å²) in [4.78, 5) is 21.1. The van der Waals surface area contributed by atoms with Crippen LogP contribution in [0.2, 0.25) is 0 Å². The fourth-order valence-electron chi connectivity index (χ4n) is 3.83. The van der Waals surface area contributed by atoms with Gasteiger partial charge in [0.1, 0.15) is 0 Å². The van der Waals surface area contributed by atoms with Crippen molar-refractivity contribution in [3.05, 3.63) is 54.1 Å². The summed E-state index contributed by atoms with van der Waals surface area (Å²) in [5, 5.41) is 7.53. The summed E-state index contributed by atoms with van der Waals surface area (Å²) in [6.07, 6.45) is 8.53. The topological polar surface area (TPSA) is 71.5 Å². The number of hydrogen-bond acceptors (Lipinski definition) is 6. The smallest absolute Gasteiger partial charge is 0.255 e. The summed E-state index contributed by atoms with van der Waals surface area (Å²) < 4.78 is 6.19. The molecule has 2 aliphatic rings. The first-order valence-electron chi connectivity index (χ1n) is 9.05. The maximum Gasteiger partial charge on any atom is 0.255 e. The summed E-state index contributed by atoms with van der Waals surface area (Å²) in [6, 6.07) is 5.80. The van der Waals surface area contributed by atoms with Crippen LogP contribution in [-0.4, -0.2) is 69.3 Å². The van der Waals surface area contributed by atoms with E-state index in [4.69, 9.17) is 4.74 Å². The van der Waals surface area contributed by atoms with Crippen molar-refractivity contribution in [2.75, 3.05) is 32.8 Å². The SMILES string of the molecule is O=C(c1ccnnc1)N1CCC2(CC1)CN(Cc1cccnc1)CCO2. The second-order valence-electron chi connectivity index (χ2n) is 7.03. The molecule has 4 heterocycles. The third kappa shape index (κ3) is 3.73. The standard InChI is InChI=1S/C19H23N5O2/c25-18(17-3-7-21-22-13-17)24-8-4-19(5-9-24)15-23(10-11-26-19)14-16-2-1-6-20-12-16/h1-3,6-7,12-13H,4-5,8-11,14-15H2. The molecular weight excluding hydrogens is 330 g/mol. The van der Waals surface area contributed by atoms with Crippen molar-refractivity contribution < 1.29 is 9.53 Å². The maximum absolute atomic E-state index is 12.6. The van der Waals surface area contributed by atoms with Crippen LogP contribution < -0.4 is 0 Å². The Hall–Kier alpha value is -2.38. The average molecular weight is 353 g/mol. The number of aromatic nitrogens is 3. The number of nitrogens with zero attached hydrogens (tertiary/aromatic N) is 5. The molecule has 0 aliphatic carbocycles. The van der Waals surface area contributed by atoms with Crippen LogP contribution in [0.3, 0.4) is 0 Å². The predicted octanol–water partition coefficient (Wildman–Crippen LogP) is 1.38. The Labute approximate surface area is 153 Å². The molecule has 136 valence electrons. The van der Waals surface area contributed by atoms with E-state index in [1.807, 2.05) is 17.2 Å². The highest BCUT2D eigenvalue weighted by molar-refractivity contribution is 5.93. The first-order valence-corrected chi connectivity index (χ1v) is 9.05. The van der Waals surface area contributed by atoms with Gasteiger partial charge in [0, 0.05) is 45.1 Å². The Morgan fingerprint density at radius 2 is 2.00 bits per heavy atom. The molecule has 0 saturated carbocycles. The van der Waals surface area contributed by atoms with Gasteiger partial charge in [0.05, 0.1) is 30.2 Å². The third-order valence-electron chi connectivity index (χ3n) is 5.25. The van der Waals surface area contributed by atoms with E-state index in [1.165, 1.54) is 11.8 Å². The highest BCUT2D eigenvalue weighted by Crippen LogP contribution is 2.31. The molecule has 1 spiro atoms. The quantitative estimate of drug-likeness (QED) is 0.830. The molecule has 2 aromatic heterocycles. The highest BCUT2D eigenvalue weighted by atomic mass is 16.5. The minimum atomic E-state index is -0.145. The lowest BCUT2D eigenvalue weighted by atomic mass is 9.89. The number of carbonyl (C=O) groups excluding carboxylic acids is 1. The molecule has 0 atom stereocenters. The van der Waals surface area contributed by atoms with E-state index in [-0.39, 0.29) is 11.5 Å². The van der Waals surface area contributed by atoms with E-state index < -0.39 is 0 Å². The number of pyridine rings is 1. The minimum absolute atomic E-state index is 0.0257. The summed E-state index contributed by atoms with van der Waals surface area (Å²) in [5.41, 5.74) is 1.68. The van der Waals surface area contributed by atoms with Gasteiger partial charge < -0.3 is 9.64 Å². The van der Waals surface area contributed by atoms with Crippen LogP contribution in [0.5, 0.6) is 0 Å². The van der Waals surface area contributed by atoms with Gasteiger partial charge in [-0.1, -0.05) is 6.07 Å². The first-order chi connectivity index (χ1) is 12.7. The Morgan fingerprint density at radius 3 is 2.73 bits per heavy atom. The van der Waals surface area contributed by atoms with Gasteiger partial charge in [-0.2, -0.15) is 10.2 Å². The van der Waals surface area contributed by atoms with Crippen molar-refractivity contribution in [1.82, 2.24) is 25.0 Å². The van der Waals surface area contributed by atoms with Crippen molar-refractivity contribution in [2.24, 2.45) is 0 Å². The van der Waals surface area contributed by atoms with Gasteiger partial charge in [-0.15, -0.1) is 0 Å². The number of piperidine rings is 1. The van der Waals surface area contributed by atoms with Crippen molar-refractivity contribution >= 4 is 5.91 Å². The fraction of sp³-hybridized carbons (Fsp3) is 0.474. The monoisotopic (exact) mass is 353 g/mol. The molecule has 26 heavy (non-hydrogen) atoms. The molecule has 2 aromatic rings. The van der Waals surface area contributed by atoms with Gasteiger partial charge in [-0.25, -0.2) is 0 Å². The van der Waals surface area contributed by atoms with E-state index in [0.29, 0.717) is 18.7 Å². The number of morpholine rings is 1. The predicted molar refractivity (Wildman–Crippen MR) is 95.4 cm³/mol. The van der Waals surface area contributed by atoms with Gasteiger partial charge in [-0.05, 0) is 30.5 Å². The molecule has 7 heteroatoms. The lowest BCUT2D eigenvalue weighted by Gasteiger charge is -2.47. The summed E-state index contributed by atoms with van der Waals surface area (Å²) in [6.45, 7) is 4.89. The fourth-order valence-corrected chi connectivity index (χ4v) is 3.83. The number of hydrogen-bond donors (Lipinski definition) is 0. The van der Waals surface area contributed by atoms with E-state index in [9.17, 15) is 4.79 Å². The van der Waals surface area contributed by atoms with Gasteiger partial charge in [-0.3, -0.25) is 14.7 Å². The highest BCUT2D eigenvalue weighted by Gasteiger charge is 2.40. The molecule has 7 nitrogen and oxygen atoms in total. The molecule has 0 bridgehead atoms. The molecule has 2 aliphatic heterocycles. The molecule has 0 aromatic carbocycles. The Bertz CT molecular complexity index is 732. The van der Waals surface area contributed by atoms with Crippen molar-refractivity contribution in [3.63, 3.8) is 0 Å². The zero-order chi connectivity index (χ0) is 17.8. The Morgan fingerprint density at radius 1 is 1.12 bits per heavy atom. The normalized spacial score (nSPS) is 20.2. The minimum Gasteiger partial charge on any atom is -0.372 e. The van der Waals surface area contributed by atoms with Crippen LogP contribution in [0, 0.1) is 0 Å². The summed E-state index contributed by atoms with van der Waals surface area (Å²) >= 11 is 0. The largest absolute Gasteiger partial charge is 0.372 e. The van der Waals surface area contributed by atoms with Crippen molar-refractivity contribution in [2.45, 2.75) is 25.0 Å². The summed E-state index contributed by atoms with van der Waals surface area (Å²) in [7, 11) is 0. The molecule has 0 N–H and O–H groups in total. The van der Waals surface area contributed by atoms with Crippen LogP contribution >= 0.6 is 0 Å². The second-order valence-corrected chi connectivity index (χ2v) is 7.03. The van der Waals surface area contributed by atoms with Crippen LogP contribution in [-0.2, 0) is 11.3 Å². The van der Waals surface area contributed by atoms with Gasteiger partial charge in [0.15, 0.2) is 0 Å². The van der Waals surface area contributed by atoms with Gasteiger partial charge in [0.25, 0.3) is 5.91 Å². The number of ether oxygens (including phenoxy) is 1. The molecule has 1 amide bonds. The molecule has 2 saturated heterocycles. The zero-order valence-corrected chi connectivity index (χ0v) is 14.8. The van der Waals surface area contributed by atoms with Gasteiger partial charge in [0.2, 0.25) is 0 Å². The molecular formula is C19H23N5O2. The van der Waals surface area contributed by atoms with Crippen LogP contribution in [0.1, 0.15) is 28.8 Å². The second kappa shape index (κ2) is 7.47. The summed E-state index contributed by atoms with van der Waals surface area (Å²) in [5.74, 6) is 0.0257. The molecule has 0 unspecified atom stereocenters. The average Bonchev–Trinajstić information content (AvgIpc) is 2.70. The first kappa shape index (κ1) is 17.1. The number of amides is 1. The van der Waals surface area contributed by atoms with Gasteiger partial charge >= 0.3 is 0 Å². The Balaban J connectivity index is 1.36. The van der Waals surface area contributed by atoms with Crippen molar-refractivity contribution in [1.29, 1.82) is 0 Å². The van der Waals surface area contributed by atoms with Crippen LogP contribution in [0.4, 0.5) is 0 Å². The number of carbonyl (C=O) groups is 1. The molecule has 0 radical (unpaired) electrons. The Kier molecular flexibility index (Phi) is 4.90. The lowest BCUT2D eigenvalue weighted by Crippen LogP contribution is -2.57. The molecule has 2 fully saturated rings. The van der Waals surface area contributed by atoms with Crippen LogP contribution in [0.15, 0.2) is 43.0 Å². The number of rotatable bonds is 3. The lowest BCUT2D eigenvalue weighted by molar-refractivity contribution is -0.134. The van der Waals surface area contributed by atoms with E-state index in [1.54, 1.807) is 18.5 Å². The zero-order valence-electron chi connectivity index (χ0n) is 14.8. The number of likely N-dealkylation sites (tertiary alicyclic amines) is 1.